The minimum absolute atomic E-state index is 0.294. The molecule has 0 atom stereocenters. The summed E-state index contributed by atoms with van der Waals surface area (Å²) in [5.41, 5.74) is 1.82. The molecule has 4 aromatic rings. The lowest BCUT2D eigenvalue weighted by molar-refractivity contribution is -0.135. The number of hydrogen-bond donors (Lipinski definition) is 3. The molecule has 0 aliphatic carbocycles. The van der Waals surface area contributed by atoms with Crippen molar-refractivity contribution in [3.8, 4) is 17.5 Å². The monoisotopic (exact) mass is 386 g/mol. The van der Waals surface area contributed by atoms with E-state index < -0.39 is 24.2 Å². The summed E-state index contributed by atoms with van der Waals surface area (Å²) in [5, 5.41) is 32.5. The second-order valence-corrected chi connectivity index (χ2v) is 6.28. The Morgan fingerprint density at radius 1 is 1.14 bits per heavy atom. The number of amides is 1. The Bertz CT molecular complexity index is 1320. The van der Waals surface area contributed by atoms with Gasteiger partial charge in [0, 0.05) is 22.7 Å². The second-order valence-electron chi connectivity index (χ2n) is 6.28. The van der Waals surface area contributed by atoms with Crippen molar-refractivity contribution >= 4 is 33.7 Å². The van der Waals surface area contributed by atoms with Crippen LogP contribution in [0.4, 0.5) is 0 Å². The molecule has 8 nitrogen and oxygen atoms in total. The quantitative estimate of drug-likeness (QED) is 0.494. The highest BCUT2D eigenvalue weighted by Gasteiger charge is 2.23. The van der Waals surface area contributed by atoms with Crippen LogP contribution in [0.15, 0.2) is 54.7 Å². The van der Waals surface area contributed by atoms with Crippen LogP contribution in [-0.2, 0) is 4.79 Å². The summed E-state index contributed by atoms with van der Waals surface area (Å²) >= 11 is 0. The van der Waals surface area contributed by atoms with Gasteiger partial charge in [-0.25, -0.2) is 4.98 Å². The number of pyridine rings is 1. The van der Waals surface area contributed by atoms with Gasteiger partial charge in [0.25, 0.3) is 5.91 Å². The second kappa shape index (κ2) is 6.98. The maximum atomic E-state index is 12.3. The minimum Gasteiger partial charge on any atom is -0.504 e. The van der Waals surface area contributed by atoms with Gasteiger partial charge in [0.1, 0.15) is 12.1 Å². The first-order valence-electron chi connectivity index (χ1n) is 8.63. The van der Waals surface area contributed by atoms with E-state index in [2.05, 4.69) is 16.4 Å². The molecule has 2 aromatic carbocycles. The number of fused-ring (bicyclic) bond motifs is 3. The van der Waals surface area contributed by atoms with Gasteiger partial charge >= 0.3 is 5.97 Å². The molecular weight excluding hydrogens is 372 g/mol. The van der Waals surface area contributed by atoms with Gasteiger partial charge in [-0.15, -0.1) is 0 Å². The van der Waals surface area contributed by atoms with Gasteiger partial charge in [-0.3, -0.25) is 9.59 Å². The standard InChI is InChI=1S/C21H14N4O4/c22-9-12-5-4-8-15-17(12)14-10-23-18(21(29)24-11-16(26)27)20(28)19(14)25(15)13-6-2-1-3-7-13/h1-8,10,28H,11H2,(H,24,29)(H,26,27). The number of aliphatic carboxylic acids is 1. The summed E-state index contributed by atoms with van der Waals surface area (Å²) in [6, 6.07) is 16.6. The van der Waals surface area contributed by atoms with Crippen LogP contribution >= 0.6 is 0 Å². The van der Waals surface area contributed by atoms with E-state index >= 15 is 0 Å². The summed E-state index contributed by atoms with van der Waals surface area (Å²) in [6.07, 6.45) is 1.41. The van der Waals surface area contributed by atoms with Gasteiger partial charge in [-0.1, -0.05) is 24.3 Å². The number of carboxylic acids is 1. The average molecular weight is 386 g/mol. The molecule has 3 N–H and O–H groups in total. The van der Waals surface area contributed by atoms with Crippen molar-refractivity contribution in [2.45, 2.75) is 0 Å². The lowest BCUT2D eigenvalue weighted by atomic mass is 10.1. The predicted molar refractivity (Wildman–Crippen MR) is 105 cm³/mol. The first-order chi connectivity index (χ1) is 14.0. The Labute approximate surface area is 164 Å². The maximum absolute atomic E-state index is 12.3. The average Bonchev–Trinajstić information content (AvgIpc) is 3.08. The number of nitrogens with zero attached hydrogens (tertiary/aromatic N) is 3. The number of carbonyl (C=O) groups is 2. The molecule has 0 saturated heterocycles. The summed E-state index contributed by atoms with van der Waals surface area (Å²) < 4.78 is 1.75. The molecule has 0 unspecified atom stereocenters. The van der Waals surface area contributed by atoms with Crippen molar-refractivity contribution in [2.24, 2.45) is 0 Å². The molecule has 0 aliphatic rings. The number of nitrogens with one attached hydrogen (secondary N) is 1. The van der Waals surface area contributed by atoms with Gasteiger partial charge in [-0.05, 0) is 24.3 Å². The number of rotatable bonds is 4. The fourth-order valence-electron chi connectivity index (χ4n) is 3.37. The Morgan fingerprint density at radius 3 is 2.59 bits per heavy atom. The topological polar surface area (TPSA) is 128 Å². The molecule has 2 heterocycles. The van der Waals surface area contributed by atoms with E-state index in [-0.39, 0.29) is 5.69 Å². The van der Waals surface area contributed by atoms with Crippen LogP contribution < -0.4 is 5.32 Å². The smallest absolute Gasteiger partial charge is 0.322 e. The van der Waals surface area contributed by atoms with Gasteiger partial charge in [0.2, 0.25) is 0 Å². The third kappa shape index (κ3) is 2.91. The molecule has 142 valence electrons. The zero-order chi connectivity index (χ0) is 20.5. The summed E-state index contributed by atoms with van der Waals surface area (Å²) in [6.45, 7) is -0.599. The molecular formula is C21H14N4O4. The van der Waals surface area contributed by atoms with Crippen LogP contribution in [0.5, 0.6) is 5.75 Å². The Balaban J connectivity index is 2.07. The summed E-state index contributed by atoms with van der Waals surface area (Å²) in [7, 11) is 0. The number of nitriles is 1. The van der Waals surface area contributed by atoms with Crippen molar-refractivity contribution < 1.29 is 19.8 Å². The molecule has 8 heteroatoms. The normalized spacial score (nSPS) is 10.7. The predicted octanol–water partition coefficient (Wildman–Crippen LogP) is 2.57. The van der Waals surface area contributed by atoms with Gasteiger partial charge in [0.05, 0.1) is 17.1 Å². The van der Waals surface area contributed by atoms with Crippen molar-refractivity contribution in [2.75, 3.05) is 6.54 Å². The maximum Gasteiger partial charge on any atom is 0.322 e. The highest BCUT2D eigenvalue weighted by atomic mass is 16.4. The zero-order valence-electron chi connectivity index (χ0n) is 15.0. The molecule has 0 radical (unpaired) electrons. The SMILES string of the molecule is N#Cc1cccc2c1c1cnc(C(=O)NCC(=O)O)c(O)c1n2-c1ccccc1. The van der Waals surface area contributed by atoms with Crippen molar-refractivity contribution in [1.82, 2.24) is 14.9 Å². The van der Waals surface area contributed by atoms with E-state index in [1.807, 2.05) is 36.4 Å². The highest BCUT2D eigenvalue weighted by molar-refractivity contribution is 6.15. The van der Waals surface area contributed by atoms with Crippen LogP contribution in [0.1, 0.15) is 16.1 Å². The fraction of sp³-hybridized carbons (Fsp3) is 0.0476. The molecule has 0 aliphatic heterocycles. The van der Waals surface area contributed by atoms with Crippen LogP contribution in [0, 0.1) is 11.3 Å². The Kier molecular flexibility index (Phi) is 4.33. The molecule has 0 saturated carbocycles. The van der Waals surface area contributed by atoms with E-state index in [1.165, 1.54) is 6.20 Å². The van der Waals surface area contributed by atoms with Crippen LogP contribution in [0.2, 0.25) is 0 Å². The van der Waals surface area contributed by atoms with Crippen molar-refractivity contribution in [3.63, 3.8) is 0 Å². The first kappa shape index (κ1) is 18.0. The third-order valence-electron chi connectivity index (χ3n) is 4.55. The Hall–Kier alpha value is -4.38. The van der Waals surface area contributed by atoms with Crippen LogP contribution in [0.3, 0.4) is 0 Å². The minimum atomic E-state index is -1.21. The molecule has 29 heavy (non-hydrogen) atoms. The number of hydrogen-bond acceptors (Lipinski definition) is 5. The lowest BCUT2D eigenvalue weighted by Crippen LogP contribution is -2.29. The number of para-hydroxylation sites is 1. The Morgan fingerprint density at radius 2 is 1.90 bits per heavy atom. The number of carbonyl (C=O) groups excluding carboxylic acids is 1. The van der Waals surface area contributed by atoms with E-state index in [9.17, 15) is 20.0 Å². The van der Waals surface area contributed by atoms with Crippen molar-refractivity contribution in [3.05, 3.63) is 66.0 Å². The first-order valence-corrected chi connectivity index (χ1v) is 8.63. The molecule has 0 fully saturated rings. The summed E-state index contributed by atoms with van der Waals surface area (Å²) in [5.74, 6) is -2.41. The van der Waals surface area contributed by atoms with Crippen LogP contribution in [0.25, 0.3) is 27.5 Å². The number of aromatic hydroxyl groups is 1. The van der Waals surface area contributed by atoms with Gasteiger partial charge in [-0.2, -0.15) is 5.26 Å². The van der Waals surface area contributed by atoms with Crippen LogP contribution in [-0.4, -0.2) is 38.2 Å². The van der Waals surface area contributed by atoms with Gasteiger partial charge < -0.3 is 20.1 Å². The third-order valence-corrected chi connectivity index (χ3v) is 4.55. The summed E-state index contributed by atoms with van der Waals surface area (Å²) in [4.78, 5) is 27.1. The molecule has 4 rings (SSSR count). The van der Waals surface area contributed by atoms with Gasteiger partial charge in [0.15, 0.2) is 11.4 Å². The number of benzene rings is 2. The van der Waals surface area contributed by atoms with E-state index in [1.54, 1.807) is 16.7 Å². The number of aromatic nitrogens is 2. The molecule has 2 aromatic heterocycles. The molecule has 0 spiro atoms. The molecule has 0 bridgehead atoms. The van der Waals surface area contributed by atoms with E-state index in [0.29, 0.717) is 27.4 Å². The van der Waals surface area contributed by atoms with Crippen molar-refractivity contribution in [1.29, 1.82) is 5.26 Å². The van der Waals surface area contributed by atoms with E-state index in [4.69, 9.17) is 5.11 Å². The molecule has 1 amide bonds. The highest BCUT2D eigenvalue weighted by Crippen LogP contribution is 2.38. The van der Waals surface area contributed by atoms with E-state index in [0.717, 1.165) is 5.69 Å². The number of carboxylic acid groups (broad SMARTS) is 1. The largest absolute Gasteiger partial charge is 0.504 e. The lowest BCUT2D eigenvalue weighted by Gasteiger charge is -2.10. The zero-order valence-corrected chi connectivity index (χ0v) is 15.0. The fourth-order valence-corrected chi connectivity index (χ4v) is 3.37.